The van der Waals surface area contributed by atoms with E-state index in [0.29, 0.717) is 41.1 Å². The number of anilines is 2. The standard InChI is InChI=1S/C20H22ClN5O4/c1-4-17(27)24-15-6-5-12(9-16(15)29-2)19(28)26-8-7-13(11-26)23-20-22-10-14(21)18(25-20)30-3/h4-6,9-10,13H,1,7-8,11H2,2-3H3,(H,24,27)(H,22,23,25). The molecule has 0 aliphatic carbocycles. The minimum absolute atomic E-state index is 0.00659. The summed E-state index contributed by atoms with van der Waals surface area (Å²) in [5.74, 6) is 0.581. The van der Waals surface area contributed by atoms with Crippen molar-refractivity contribution in [3.8, 4) is 11.6 Å². The van der Waals surface area contributed by atoms with E-state index in [9.17, 15) is 9.59 Å². The van der Waals surface area contributed by atoms with Crippen LogP contribution in [0.25, 0.3) is 0 Å². The summed E-state index contributed by atoms with van der Waals surface area (Å²) in [6, 6.07) is 4.88. The van der Waals surface area contributed by atoms with E-state index < -0.39 is 0 Å². The zero-order valence-corrected chi connectivity index (χ0v) is 17.4. The molecule has 30 heavy (non-hydrogen) atoms. The molecule has 3 rings (SSSR count). The van der Waals surface area contributed by atoms with E-state index in [0.717, 1.165) is 12.5 Å². The van der Waals surface area contributed by atoms with E-state index in [1.165, 1.54) is 20.4 Å². The SMILES string of the molecule is C=CC(=O)Nc1ccc(C(=O)N2CCC(Nc3ncc(Cl)c(OC)n3)C2)cc1OC. The van der Waals surface area contributed by atoms with Gasteiger partial charge in [0.05, 0.1) is 26.1 Å². The second kappa shape index (κ2) is 9.45. The number of rotatable bonds is 7. The molecule has 0 bridgehead atoms. The summed E-state index contributed by atoms with van der Waals surface area (Å²) in [6.45, 7) is 4.49. The van der Waals surface area contributed by atoms with Gasteiger partial charge in [-0.15, -0.1) is 0 Å². The van der Waals surface area contributed by atoms with Crippen molar-refractivity contribution in [2.45, 2.75) is 12.5 Å². The van der Waals surface area contributed by atoms with Crippen LogP contribution in [0.1, 0.15) is 16.8 Å². The van der Waals surface area contributed by atoms with Crippen LogP contribution in [0, 0.1) is 0 Å². The Bertz CT molecular complexity index is 968. The lowest BCUT2D eigenvalue weighted by Crippen LogP contribution is -2.32. The smallest absolute Gasteiger partial charge is 0.254 e. The number of nitrogens with zero attached hydrogens (tertiary/aromatic N) is 3. The average Bonchev–Trinajstić information content (AvgIpc) is 3.23. The van der Waals surface area contributed by atoms with Crippen molar-refractivity contribution < 1.29 is 19.1 Å². The molecule has 158 valence electrons. The number of aromatic nitrogens is 2. The fourth-order valence-corrected chi connectivity index (χ4v) is 3.27. The van der Waals surface area contributed by atoms with Gasteiger partial charge >= 0.3 is 0 Å². The van der Waals surface area contributed by atoms with Crippen LogP contribution in [-0.2, 0) is 4.79 Å². The summed E-state index contributed by atoms with van der Waals surface area (Å²) in [4.78, 5) is 34.5. The van der Waals surface area contributed by atoms with E-state index in [2.05, 4.69) is 27.2 Å². The molecule has 2 amide bonds. The quantitative estimate of drug-likeness (QED) is 0.649. The van der Waals surface area contributed by atoms with Crippen molar-refractivity contribution in [1.29, 1.82) is 0 Å². The highest BCUT2D eigenvalue weighted by Gasteiger charge is 2.28. The first-order valence-electron chi connectivity index (χ1n) is 9.19. The van der Waals surface area contributed by atoms with Gasteiger partial charge in [-0.2, -0.15) is 4.98 Å². The van der Waals surface area contributed by atoms with Crippen molar-refractivity contribution in [1.82, 2.24) is 14.9 Å². The summed E-state index contributed by atoms with van der Waals surface area (Å²) in [5, 5.41) is 6.17. The minimum Gasteiger partial charge on any atom is -0.495 e. The Morgan fingerprint density at radius 2 is 2.13 bits per heavy atom. The maximum atomic E-state index is 12.9. The molecule has 0 spiro atoms. The molecule has 0 radical (unpaired) electrons. The van der Waals surface area contributed by atoms with E-state index in [1.54, 1.807) is 23.1 Å². The number of carbonyl (C=O) groups excluding carboxylic acids is 2. The number of ether oxygens (including phenoxy) is 2. The Balaban J connectivity index is 1.66. The van der Waals surface area contributed by atoms with Crippen molar-refractivity contribution in [3.63, 3.8) is 0 Å². The lowest BCUT2D eigenvalue weighted by atomic mass is 10.1. The minimum atomic E-state index is -0.359. The van der Waals surface area contributed by atoms with Gasteiger partial charge in [0, 0.05) is 24.7 Å². The Kier molecular flexibility index (Phi) is 6.73. The summed E-state index contributed by atoms with van der Waals surface area (Å²) < 4.78 is 10.4. The highest BCUT2D eigenvalue weighted by molar-refractivity contribution is 6.31. The molecule has 0 saturated carbocycles. The van der Waals surface area contributed by atoms with Crippen LogP contribution in [0.4, 0.5) is 11.6 Å². The summed E-state index contributed by atoms with van der Waals surface area (Å²) >= 11 is 5.95. The maximum Gasteiger partial charge on any atom is 0.254 e. The van der Waals surface area contributed by atoms with Crippen molar-refractivity contribution in [3.05, 3.63) is 47.6 Å². The molecule has 1 aromatic carbocycles. The third-order valence-corrected chi connectivity index (χ3v) is 4.86. The van der Waals surface area contributed by atoms with Gasteiger partial charge in [-0.05, 0) is 30.7 Å². The molecule has 1 saturated heterocycles. The number of nitrogens with one attached hydrogen (secondary N) is 2. The van der Waals surface area contributed by atoms with E-state index in [4.69, 9.17) is 21.1 Å². The molecular weight excluding hydrogens is 410 g/mol. The van der Waals surface area contributed by atoms with Crippen LogP contribution in [-0.4, -0.2) is 60.0 Å². The number of benzene rings is 1. The van der Waals surface area contributed by atoms with Crippen LogP contribution in [0.3, 0.4) is 0 Å². The first-order valence-corrected chi connectivity index (χ1v) is 9.56. The number of carbonyl (C=O) groups is 2. The summed E-state index contributed by atoms with van der Waals surface area (Å²) in [5.41, 5.74) is 0.933. The first kappa shape index (κ1) is 21.4. The van der Waals surface area contributed by atoms with Gasteiger partial charge < -0.3 is 25.0 Å². The van der Waals surface area contributed by atoms with Crippen LogP contribution in [0.2, 0.25) is 5.02 Å². The number of hydrogen-bond acceptors (Lipinski definition) is 7. The molecule has 10 heteroatoms. The van der Waals surface area contributed by atoms with Crippen molar-refractivity contribution >= 4 is 35.1 Å². The Morgan fingerprint density at radius 1 is 1.33 bits per heavy atom. The molecule has 1 aliphatic rings. The Morgan fingerprint density at radius 3 is 2.83 bits per heavy atom. The first-order chi connectivity index (χ1) is 14.4. The second-order valence-corrected chi connectivity index (χ2v) is 6.95. The molecule has 1 fully saturated rings. The van der Waals surface area contributed by atoms with E-state index in [1.807, 2.05) is 0 Å². The number of hydrogen-bond donors (Lipinski definition) is 2. The fourth-order valence-electron chi connectivity index (χ4n) is 3.10. The van der Waals surface area contributed by atoms with Crippen molar-refractivity contribution in [2.75, 3.05) is 37.9 Å². The largest absolute Gasteiger partial charge is 0.495 e. The molecule has 1 aliphatic heterocycles. The number of methoxy groups -OCH3 is 2. The highest BCUT2D eigenvalue weighted by atomic mass is 35.5. The topological polar surface area (TPSA) is 106 Å². The fraction of sp³-hybridized carbons (Fsp3) is 0.300. The molecule has 9 nitrogen and oxygen atoms in total. The Hall–Kier alpha value is -3.33. The molecule has 2 N–H and O–H groups in total. The van der Waals surface area contributed by atoms with E-state index >= 15 is 0 Å². The van der Waals surface area contributed by atoms with Gasteiger partial charge in [0.1, 0.15) is 10.8 Å². The summed E-state index contributed by atoms with van der Waals surface area (Å²) in [6.07, 6.45) is 3.37. The number of likely N-dealkylation sites (tertiary alicyclic amines) is 1. The van der Waals surface area contributed by atoms with Gasteiger partial charge in [-0.25, -0.2) is 4.98 Å². The molecule has 2 heterocycles. The van der Waals surface area contributed by atoms with Gasteiger partial charge in [0.25, 0.3) is 5.91 Å². The number of amides is 2. The third kappa shape index (κ3) is 4.80. The van der Waals surface area contributed by atoms with Gasteiger partial charge in [0.15, 0.2) is 0 Å². The molecule has 1 atom stereocenters. The predicted octanol–water partition coefficient (Wildman–Crippen LogP) is 2.60. The molecule has 2 aromatic rings. The third-order valence-electron chi connectivity index (χ3n) is 4.61. The highest BCUT2D eigenvalue weighted by Crippen LogP contribution is 2.27. The zero-order valence-electron chi connectivity index (χ0n) is 16.6. The van der Waals surface area contributed by atoms with Gasteiger partial charge in [-0.3, -0.25) is 9.59 Å². The molecule has 1 aromatic heterocycles. The van der Waals surface area contributed by atoms with Crippen molar-refractivity contribution in [2.24, 2.45) is 0 Å². The summed E-state index contributed by atoms with van der Waals surface area (Å²) in [7, 11) is 2.96. The molecular formula is C20H22ClN5O4. The lowest BCUT2D eigenvalue weighted by molar-refractivity contribution is -0.111. The van der Waals surface area contributed by atoms with Crippen LogP contribution in [0.5, 0.6) is 11.6 Å². The van der Waals surface area contributed by atoms with Crippen LogP contribution >= 0.6 is 11.6 Å². The zero-order chi connectivity index (χ0) is 21.7. The molecule has 1 unspecified atom stereocenters. The average molecular weight is 432 g/mol. The normalized spacial score (nSPS) is 15.4. The lowest BCUT2D eigenvalue weighted by Gasteiger charge is -2.18. The monoisotopic (exact) mass is 431 g/mol. The van der Waals surface area contributed by atoms with E-state index in [-0.39, 0.29) is 23.7 Å². The van der Waals surface area contributed by atoms with Gasteiger partial charge in [0.2, 0.25) is 17.7 Å². The number of halogens is 1. The predicted molar refractivity (Wildman–Crippen MR) is 113 cm³/mol. The van der Waals surface area contributed by atoms with Gasteiger partial charge in [-0.1, -0.05) is 18.2 Å². The van der Waals surface area contributed by atoms with Crippen LogP contribution in [0.15, 0.2) is 37.1 Å². The maximum absolute atomic E-state index is 12.9. The Labute approximate surface area is 179 Å². The second-order valence-electron chi connectivity index (χ2n) is 6.54. The van der Waals surface area contributed by atoms with Crippen LogP contribution < -0.4 is 20.1 Å².